The van der Waals surface area contributed by atoms with Gasteiger partial charge in [-0.1, -0.05) is 30.3 Å². The third-order valence-electron chi connectivity index (χ3n) is 3.37. The average molecular weight is 276 g/mol. The van der Waals surface area contributed by atoms with Crippen LogP contribution in [0.25, 0.3) is 17.1 Å². The molecule has 0 aliphatic heterocycles. The Bertz CT molecular complexity index is 797. The molecule has 104 valence electrons. The van der Waals surface area contributed by atoms with Gasteiger partial charge in [-0.2, -0.15) is 0 Å². The van der Waals surface area contributed by atoms with E-state index in [9.17, 15) is 4.79 Å². The molecule has 3 rings (SSSR count). The first-order valence-electron chi connectivity index (χ1n) is 6.90. The van der Waals surface area contributed by atoms with Crippen molar-refractivity contribution in [1.29, 1.82) is 0 Å². The summed E-state index contributed by atoms with van der Waals surface area (Å²) in [6.07, 6.45) is 7.28. The fourth-order valence-corrected chi connectivity index (χ4v) is 2.29. The number of hydrogen-bond acceptors (Lipinski definition) is 2. The van der Waals surface area contributed by atoms with Crippen molar-refractivity contribution < 1.29 is 4.79 Å². The number of allylic oxidation sites excluding steroid dienone is 1. The lowest BCUT2D eigenvalue weighted by atomic mass is 10.1. The molecule has 0 atom stereocenters. The highest BCUT2D eigenvalue weighted by atomic mass is 16.1. The van der Waals surface area contributed by atoms with Crippen molar-refractivity contribution in [1.82, 2.24) is 9.55 Å². The van der Waals surface area contributed by atoms with Gasteiger partial charge in [0, 0.05) is 24.3 Å². The van der Waals surface area contributed by atoms with E-state index in [1.165, 1.54) is 5.56 Å². The summed E-state index contributed by atoms with van der Waals surface area (Å²) < 4.78 is 2.13. The molecule has 0 radical (unpaired) electrons. The number of carbonyl (C=O) groups is 1. The fraction of sp³-hybridized carbons (Fsp3) is 0.111. The van der Waals surface area contributed by atoms with Crippen LogP contribution in [-0.4, -0.2) is 15.3 Å². The van der Waals surface area contributed by atoms with E-state index in [2.05, 4.69) is 40.0 Å². The van der Waals surface area contributed by atoms with Crippen LogP contribution >= 0.6 is 0 Å². The molecular weight excluding hydrogens is 260 g/mol. The second-order valence-corrected chi connectivity index (χ2v) is 5.05. The molecule has 3 aromatic rings. The van der Waals surface area contributed by atoms with Crippen molar-refractivity contribution in [3.05, 3.63) is 72.1 Å². The van der Waals surface area contributed by atoms with Crippen LogP contribution in [0.15, 0.2) is 60.9 Å². The predicted molar refractivity (Wildman–Crippen MR) is 85.0 cm³/mol. The molecule has 1 aromatic carbocycles. The van der Waals surface area contributed by atoms with E-state index in [4.69, 9.17) is 0 Å². The summed E-state index contributed by atoms with van der Waals surface area (Å²) in [6.45, 7) is 2.34. The third kappa shape index (κ3) is 3.08. The smallest absolute Gasteiger partial charge is 0.152 e. The first-order valence-corrected chi connectivity index (χ1v) is 6.90. The standard InChI is InChI=1S/C18H16N2O/c1-14(21)4-5-15-6-8-16(9-7-15)13-20-12-10-17-3-2-11-19-18(17)20/h2-12H,13H2,1H3/b5-4+. The summed E-state index contributed by atoms with van der Waals surface area (Å²) in [5.41, 5.74) is 3.24. The maximum absolute atomic E-state index is 10.9. The summed E-state index contributed by atoms with van der Waals surface area (Å²) in [4.78, 5) is 15.3. The summed E-state index contributed by atoms with van der Waals surface area (Å²) in [7, 11) is 0. The molecule has 2 aromatic heterocycles. The molecule has 0 bridgehead atoms. The number of benzene rings is 1. The Morgan fingerprint density at radius 2 is 2.00 bits per heavy atom. The van der Waals surface area contributed by atoms with E-state index >= 15 is 0 Å². The number of hydrogen-bond donors (Lipinski definition) is 0. The van der Waals surface area contributed by atoms with Crippen molar-refractivity contribution in [3.8, 4) is 0 Å². The van der Waals surface area contributed by atoms with Crippen molar-refractivity contribution in [2.45, 2.75) is 13.5 Å². The Morgan fingerprint density at radius 1 is 1.19 bits per heavy atom. The molecule has 0 unspecified atom stereocenters. The lowest BCUT2D eigenvalue weighted by molar-refractivity contribution is -0.112. The highest BCUT2D eigenvalue weighted by Gasteiger charge is 2.02. The summed E-state index contributed by atoms with van der Waals surface area (Å²) in [6, 6.07) is 14.3. The molecule has 21 heavy (non-hydrogen) atoms. The molecule has 0 saturated carbocycles. The number of fused-ring (bicyclic) bond motifs is 1. The van der Waals surface area contributed by atoms with Crippen molar-refractivity contribution in [3.63, 3.8) is 0 Å². The van der Waals surface area contributed by atoms with Gasteiger partial charge in [-0.3, -0.25) is 4.79 Å². The van der Waals surface area contributed by atoms with E-state index in [0.29, 0.717) is 0 Å². The molecule has 0 aliphatic carbocycles. The molecule has 0 saturated heterocycles. The Labute approximate surface area is 123 Å². The zero-order valence-electron chi connectivity index (χ0n) is 11.9. The second kappa shape index (κ2) is 5.75. The first kappa shape index (κ1) is 13.3. The quantitative estimate of drug-likeness (QED) is 0.681. The van der Waals surface area contributed by atoms with E-state index in [1.54, 1.807) is 13.0 Å². The number of aromatic nitrogens is 2. The van der Waals surface area contributed by atoms with E-state index in [-0.39, 0.29) is 5.78 Å². The van der Waals surface area contributed by atoms with Crippen LogP contribution in [-0.2, 0) is 11.3 Å². The molecule has 2 heterocycles. The fourth-order valence-electron chi connectivity index (χ4n) is 2.29. The van der Waals surface area contributed by atoms with Crippen LogP contribution in [0.2, 0.25) is 0 Å². The van der Waals surface area contributed by atoms with Crippen LogP contribution in [0, 0.1) is 0 Å². The minimum atomic E-state index is 0.0592. The van der Waals surface area contributed by atoms with Gasteiger partial charge in [-0.25, -0.2) is 4.98 Å². The number of ketones is 1. The highest BCUT2D eigenvalue weighted by molar-refractivity contribution is 5.91. The number of nitrogens with zero attached hydrogens (tertiary/aromatic N) is 2. The van der Waals surface area contributed by atoms with Gasteiger partial charge < -0.3 is 4.57 Å². The lowest BCUT2D eigenvalue weighted by Crippen LogP contribution is -1.98. The van der Waals surface area contributed by atoms with E-state index in [1.807, 2.05) is 30.5 Å². The normalized spacial score (nSPS) is 11.3. The molecule has 0 aliphatic rings. The van der Waals surface area contributed by atoms with Gasteiger partial charge in [-0.05, 0) is 42.3 Å². The zero-order chi connectivity index (χ0) is 14.7. The van der Waals surface area contributed by atoms with Gasteiger partial charge in [0.1, 0.15) is 5.65 Å². The van der Waals surface area contributed by atoms with Crippen LogP contribution in [0.5, 0.6) is 0 Å². The van der Waals surface area contributed by atoms with Crippen LogP contribution in [0.3, 0.4) is 0 Å². The van der Waals surface area contributed by atoms with Gasteiger partial charge in [0.15, 0.2) is 5.78 Å². The molecular formula is C18H16N2O. The van der Waals surface area contributed by atoms with Crippen LogP contribution in [0.4, 0.5) is 0 Å². The monoisotopic (exact) mass is 276 g/mol. The van der Waals surface area contributed by atoms with Gasteiger partial charge in [-0.15, -0.1) is 0 Å². The first-order chi connectivity index (χ1) is 10.2. The van der Waals surface area contributed by atoms with Crippen molar-refractivity contribution in [2.75, 3.05) is 0 Å². The SMILES string of the molecule is CC(=O)/C=C/c1ccc(Cn2ccc3cccnc32)cc1. The Balaban J connectivity index is 1.80. The maximum atomic E-state index is 10.9. The van der Waals surface area contributed by atoms with Crippen molar-refractivity contribution >= 4 is 22.9 Å². The van der Waals surface area contributed by atoms with Crippen LogP contribution < -0.4 is 0 Å². The minimum absolute atomic E-state index is 0.0592. The molecule has 0 N–H and O–H groups in total. The molecule has 0 fully saturated rings. The topological polar surface area (TPSA) is 34.9 Å². The predicted octanol–water partition coefficient (Wildman–Crippen LogP) is 3.69. The zero-order valence-corrected chi connectivity index (χ0v) is 11.9. The molecule has 3 heteroatoms. The Morgan fingerprint density at radius 3 is 2.76 bits per heavy atom. The molecule has 0 spiro atoms. The maximum Gasteiger partial charge on any atom is 0.152 e. The lowest BCUT2D eigenvalue weighted by Gasteiger charge is -2.05. The minimum Gasteiger partial charge on any atom is -0.328 e. The Hall–Kier alpha value is -2.68. The largest absolute Gasteiger partial charge is 0.328 e. The van der Waals surface area contributed by atoms with E-state index < -0.39 is 0 Å². The number of carbonyl (C=O) groups excluding carboxylic acids is 1. The second-order valence-electron chi connectivity index (χ2n) is 5.05. The summed E-state index contributed by atoms with van der Waals surface area (Å²) in [5.74, 6) is 0.0592. The van der Waals surface area contributed by atoms with Crippen LogP contribution in [0.1, 0.15) is 18.1 Å². The average Bonchev–Trinajstić information content (AvgIpc) is 2.90. The molecule has 0 amide bonds. The van der Waals surface area contributed by atoms with Gasteiger partial charge in [0.25, 0.3) is 0 Å². The van der Waals surface area contributed by atoms with E-state index in [0.717, 1.165) is 23.1 Å². The number of pyridine rings is 1. The third-order valence-corrected chi connectivity index (χ3v) is 3.37. The van der Waals surface area contributed by atoms with Gasteiger partial charge >= 0.3 is 0 Å². The Kier molecular flexibility index (Phi) is 3.65. The summed E-state index contributed by atoms with van der Waals surface area (Å²) >= 11 is 0. The van der Waals surface area contributed by atoms with Gasteiger partial charge in [0.05, 0.1) is 0 Å². The number of rotatable bonds is 4. The van der Waals surface area contributed by atoms with Gasteiger partial charge in [0.2, 0.25) is 0 Å². The summed E-state index contributed by atoms with van der Waals surface area (Å²) in [5, 5.41) is 1.15. The molecule has 3 nitrogen and oxygen atoms in total. The van der Waals surface area contributed by atoms with Crippen molar-refractivity contribution in [2.24, 2.45) is 0 Å². The highest BCUT2D eigenvalue weighted by Crippen LogP contribution is 2.15.